The van der Waals surface area contributed by atoms with Crippen molar-refractivity contribution in [1.29, 1.82) is 0 Å². The lowest BCUT2D eigenvalue weighted by atomic mass is 9.86. The minimum Gasteiger partial charge on any atom is -0.363 e. The van der Waals surface area contributed by atoms with Crippen LogP contribution in [-0.2, 0) is 11.2 Å². The molecule has 2 N–H and O–H groups in total. The van der Waals surface area contributed by atoms with Crippen LogP contribution in [0, 0.1) is 11.7 Å². The predicted octanol–water partition coefficient (Wildman–Crippen LogP) is 3.66. The molecule has 0 unspecified atom stereocenters. The zero-order valence-electron chi connectivity index (χ0n) is 16.8. The second-order valence-corrected chi connectivity index (χ2v) is 8.12. The van der Waals surface area contributed by atoms with E-state index in [1.54, 1.807) is 12.3 Å². The van der Waals surface area contributed by atoms with Gasteiger partial charge in [0.15, 0.2) is 0 Å². The molecule has 1 heterocycles. The molecule has 1 aromatic carbocycles. The number of aromatic nitrogens is 2. The van der Waals surface area contributed by atoms with Crippen molar-refractivity contribution in [2.24, 2.45) is 5.92 Å². The molecular formula is C21H27ClFN5O. The maximum atomic E-state index is 13.1. The molecule has 0 saturated heterocycles. The van der Waals surface area contributed by atoms with Crippen LogP contribution in [0.5, 0.6) is 0 Å². The Kier molecular flexibility index (Phi) is 7.25. The Labute approximate surface area is 175 Å². The van der Waals surface area contributed by atoms with Gasteiger partial charge in [-0.3, -0.25) is 4.79 Å². The number of carbonyl (C=O) groups excluding carboxylic acids is 1. The first-order chi connectivity index (χ1) is 13.9. The fraction of sp³-hybridized carbons (Fsp3) is 0.476. The number of carbonyl (C=O) groups is 1. The molecule has 6 nitrogen and oxygen atoms in total. The van der Waals surface area contributed by atoms with Gasteiger partial charge in [-0.2, -0.15) is 4.98 Å². The largest absolute Gasteiger partial charge is 0.363 e. The van der Waals surface area contributed by atoms with Crippen LogP contribution < -0.4 is 15.5 Å². The highest BCUT2D eigenvalue weighted by atomic mass is 35.5. The summed E-state index contributed by atoms with van der Waals surface area (Å²) in [6, 6.07) is 6.33. The van der Waals surface area contributed by atoms with Crippen molar-refractivity contribution < 1.29 is 9.18 Å². The lowest BCUT2D eigenvalue weighted by molar-refractivity contribution is -0.120. The number of nitrogens with zero attached hydrogens (tertiary/aromatic N) is 3. The topological polar surface area (TPSA) is 70.2 Å². The van der Waals surface area contributed by atoms with E-state index in [1.807, 2.05) is 25.1 Å². The molecule has 29 heavy (non-hydrogen) atoms. The Morgan fingerprint density at radius 2 is 2.00 bits per heavy atom. The first kappa shape index (κ1) is 21.3. The van der Waals surface area contributed by atoms with E-state index < -0.39 is 5.82 Å². The van der Waals surface area contributed by atoms with Crippen molar-refractivity contribution in [3.05, 3.63) is 46.9 Å². The number of benzene rings is 1. The van der Waals surface area contributed by atoms with E-state index in [1.165, 1.54) is 12.1 Å². The minimum absolute atomic E-state index is 0.0901. The molecule has 0 spiro atoms. The molecule has 0 atom stereocenters. The molecule has 1 fully saturated rings. The maximum absolute atomic E-state index is 13.1. The fourth-order valence-electron chi connectivity index (χ4n) is 3.52. The number of anilines is 2. The van der Waals surface area contributed by atoms with Gasteiger partial charge in [-0.05, 0) is 55.4 Å². The molecule has 0 bridgehead atoms. The third-order valence-electron chi connectivity index (χ3n) is 5.23. The van der Waals surface area contributed by atoms with Crippen molar-refractivity contribution in [2.45, 2.75) is 38.1 Å². The van der Waals surface area contributed by atoms with Gasteiger partial charge in [0.05, 0.1) is 6.42 Å². The molecule has 0 radical (unpaired) electrons. The smallest absolute Gasteiger partial charge is 0.224 e. The number of nitrogens with one attached hydrogen (secondary N) is 2. The lowest BCUT2D eigenvalue weighted by Gasteiger charge is -2.29. The Bertz CT molecular complexity index is 840. The van der Waals surface area contributed by atoms with Crippen LogP contribution in [0.2, 0.25) is 5.02 Å². The van der Waals surface area contributed by atoms with E-state index >= 15 is 0 Å². The second-order valence-electron chi connectivity index (χ2n) is 7.71. The van der Waals surface area contributed by atoms with Gasteiger partial charge in [-0.15, -0.1) is 0 Å². The number of amides is 1. The minimum atomic E-state index is -0.400. The van der Waals surface area contributed by atoms with Crippen LogP contribution in [0.1, 0.15) is 31.2 Å². The van der Waals surface area contributed by atoms with Crippen molar-refractivity contribution >= 4 is 29.3 Å². The third kappa shape index (κ3) is 6.29. The average Bonchev–Trinajstić information content (AvgIpc) is 2.70. The summed E-state index contributed by atoms with van der Waals surface area (Å²) in [5, 5.41) is 6.69. The molecule has 1 amide bonds. The van der Waals surface area contributed by atoms with E-state index in [9.17, 15) is 9.18 Å². The van der Waals surface area contributed by atoms with Gasteiger partial charge in [0.25, 0.3) is 0 Å². The summed E-state index contributed by atoms with van der Waals surface area (Å²) in [6.45, 7) is 0.650. The van der Waals surface area contributed by atoms with Gasteiger partial charge >= 0.3 is 0 Å². The molecule has 1 aliphatic rings. The Balaban J connectivity index is 1.40. The molecule has 3 rings (SSSR count). The van der Waals surface area contributed by atoms with Gasteiger partial charge in [-0.1, -0.05) is 17.7 Å². The zero-order valence-corrected chi connectivity index (χ0v) is 17.5. The number of rotatable bonds is 7. The summed E-state index contributed by atoms with van der Waals surface area (Å²) in [5.41, 5.74) is 0.637. The molecule has 8 heteroatoms. The second kappa shape index (κ2) is 9.87. The van der Waals surface area contributed by atoms with Crippen LogP contribution in [0.3, 0.4) is 0 Å². The Morgan fingerprint density at radius 3 is 2.69 bits per heavy atom. The molecule has 1 aliphatic carbocycles. The van der Waals surface area contributed by atoms with Crippen molar-refractivity contribution in [2.75, 3.05) is 30.9 Å². The number of hydrogen-bond donors (Lipinski definition) is 2. The van der Waals surface area contributed by atoms with E-state index in [-0.39, 0.29) is 17.4 Å². The van der Waals surface area contributed by atoms with E-state index in [0.29, 0.717) is 30.0 Å². The zero-order chi connectivity index (χ0) is 20.8. The van der Waals surface area contributed by atoms with Crippen molar-refractivity contribution in [3.8, 4) is 0 Å². The normalized spacial score (nSPS) is 18.9. The summed E-state index contributed by atoms with van der Waals surface area (Å²) in [6.07, 6.45) is 6.01. The average molecular weight is 420 g/mol. The highest BCUT2D eigenvalue weighted by Gasteiger charge is 2.22. The first-order valence-electron chi connectivity index (χ1n) is 9.88. The molecule has 1 aromatic heterocycles. The van der Waals surface area contributed by atoms with E-state index in [4.69, 9.17) is 11.6 Å². The summed E-state index contributed by atoms with van der Waals surface area (Å²) in [7, 11) is 3.91. The van der Waals surface area contributed by atoms with Crippen LogP contribution >= 0.6 is 11.6 Å². The summed E-state index contributed by atoms with van der Waals surface area (Å²) >= 11 is 5.99. The SMILES string of the molecule is CN(C)c1ccnc(NC2CCC(CNC(=O)Cc3ccc(F)cc3Cl)CC2)n1. The quantitative estimate of drug-likeness (QED) is 0.716. The summed E-state index contributed by atoms with van der Waals surface area (Å²) < 4.78 is 13.1. The predicted molar refractivity (Wildman–Crippen MR) is 114 cm³/mol. The van der Waals surface area contributed by atoms with Gasteiger partial charge in [0.1, 0.15) is 11.6 Å². The standard InChI is InChI=1S/C21H27ClFN5O/c1-28(2)19-9-10-24-21(27-19)26-17-7-3-14(4-8-17)13-25-20(29)11-15-5-6-16(23)12-18(15)22/h5-6,9-10,12,14,17H,3-4,7-8,11,13H2,1-2H3,(H,25,29)(H,24,26,27). The monoisotopic (exact) mass is 419 g/mol. The molecule has 1 saturated carbocycles. The third-order valence-corrected chi connectivity index (χ3v) is 5.58. The Hall–Kier alpha value is -2.41. The number of hydrogen-bond acceptors (Lipinski definition) is 5. The fourth-order valence-corrected chi connectivity index (χ4v) is 3.75. The van der Waals surface area contributed by atoms with Gasteiger partial charge < -0.3 is 15.5 Å². The lowest BCUT2D eigenvalue weighted by Crippen LogP contribution is -2.34. The van der Waals surface area contributed by atoms with Crippen LogP contribution in [0.25, 0.3) is 0 Å². The van der Waals surface area contributed by atoms with Crippen molar-refractivity contribution in [3.63, 3.8) is 0 Å². The van der Waals surface area contributed by atoms with E-state index in [0.717, 1.165) is 31.5 Å². The maximum Gasteiger partial charge on any atom is 0.224 e. The van der Waals surface area contributed by atoms with E-state index in [2.05, 4.69) is 20.6 Å². The summed E-state index contributed by atoms with van der Waals surface area (Å²) in [4.78, 5) is 23.0. The van der Waals surface area contributed by atoms with Crippen molar-refractivity contribution in [1.82, 2.24) is 15.3 Å². The molecule has 2 aromatic rings. The highest BCUT2D eigenvalue weighted by molar-refractivity contribution is 6.31. The van der Waals surface area contributed by atoms with Gasteiger partial charge in [-0.25, -0.2) is 9.37 Å². The van der Waals surface area contributed by atoms with Gasteiger partial charge in [0, 0.05) is 37.9 Å². The van der Waals surface area contributed by atoms with Crippen LogP contribution in [0.4, 0.5) is 16.2 Å². The summed E-state index contributed by atoms with van der Waals surface area (Å²) in [5.74, 6) is 1.50. The number of halogens is 2. The highest BCUT2D eigenvalue weighted by Crippen LogP contribution is 2.26. The Morgan fingerprint density at radius 1 is 1.24 bits per heavy atom. The first-order valence-corrected chi connectivity index (χ1v) is 10.3. The van der Waals surface area contributed by atoms with Crippen LogP contribution in [-0.4, -0.2) is 42.6 Å². The molecule has 0 aliphatic heterocycles. The molecular weight excluding hydrogens is 393 g/mol. The van der Waals surface area contributed by atoms with Gasteiger partial charge in [0.2, 0.25) is 11.9 Å². The van der Waals surface area contributed by atoms with Crippen LogP contribution in [0.15, 0.2) is 30.5 Å². The molecule has 156 valence electrons.